The third kappa shape index (κ3) is 3.27. The van der Waals surface area contributed by atoms with Crippen LogP contribution in [0.5, 0.6) is 5.75 Å². The molecule has 0 atom stereocenters. The highest BCUT2D eigenvalue weighted by Crippen LogP contribution is 2.25. The summed E-state index contributed by atoms with van der Waals surface area (Å²) in [5.74, 6) is 0.214. The summed E-state index contributed by atoms with van der Waals surface area (Å²) >= 11 is 4.89. The first-order valence-corrected chi connectivity index (χ1v) is 9.16. The lowest BCUT2D eigenvalue weighted by Crippen LogP contribution is -2.07. The van der Waals surface area contributed by atoms with Crippen molar-refractivity contribution in [2.75, 3.05) is 13.4 Å². The molecule has 0 saturated heterocycles. The molecule has 0 radical (unpaired) electrons. The number of methoxy groups -OCH3 is 1. The minimum atomic E-state index is -0.457. The van der Waals surface area contributed by atoms with E-state index in [0.29, 0.717) is 11.4 Å². The number of hydrogen-bond donors (Lipinski definition) is 0. The van der Waals surface area contributed by atoms with Gasteiger partial charge in [0.2, 0.25) is 0 Å². The molecular formula is C17H15BrN2O3S. The van der Waals surface area contributed by atoms with Crippen molar-refractivity contribution in [1.82, 2.24) is 9.38 Å². The number of carbonyl (C=O) groups is 1. The van der Waals surface area contributed by atoms with Crippen LogP contribution < -0.4 is 4.74 Å². The molecule has 0 aliphatic carbocycles. The number of imidazole rings is 1. The first-order valence-electron chi connectivity index (χ1n) is 7.14. The third-order valence-corrected chi connectivity index (χ3v) is 4.64. The molecule has 5 nitrogen and oxygen atoms in total. The van der Waals surface area contributed by atoms with Crippen LogP contribution in [0.15, 0.2) is 52.2 Å². The minimum absolute atomic E-state index is 0.113. The maximum absolute atomic E-state index is 12.5. The van der Waals surface area contributed by atoms with Gasteiger partial charge in [-0.25, -0.2) is 9.78 Å². The fourth-order valence-corrected chi connectivity index (χ4v) is 3.32. The summed E-state index contributed by atoms with van der Waals surface area (Å²) in [6.45, 7) is 0.113. The fraction of sp³-hybridized carbons (Fsp3) is 0.176. The van der Waals surface area contributed by atoms with Crippen molar-refractivity contribution in [2.24, 2.45) is 0 Å². The molecule has 1 aromatic carbocycles. The topological polar surface area (TPSA) is 52.8 Å². The number of pyridine rings is 1. The van der Waals surface area contributed by atoms with Crippen molar-refractivity contribution < 1.29 is 14.3 Å². The molecule has 0 unspecified atom stereocenters. The standard InChI is InChI=1S/C17H15BrN2O3S/c1-22-14-7-6-12(18)9-11(14)10-23-16(21)15-13-5-3-4-8-20(13)17(19-15)24-2/h3-9H,10H2,1-2H3. The quantitative estimate of drug-likeness (QED) is 0.469. The van der Waals surface area contributed by atoms with E-state index in [-0.39, 0.29) is 6.61 Å². The summed E-state index contributed by atoms with van der Waals surface area (Å²) in [6, 6.07) is 11.2. The van der Waals surface area contributed by atoms with Crippen molar-refractivity contribution in [3.8, 4) is 5.75 Å². The highest BCUT2D eigenvalue weighted by Gasteiger charge is 2.19. The van der Waals surface area contributed by atoms with Gasteiger partial charge in [-0.3, -0.25) is 4.40 Å². The minimum Gasteiger partial charge on any atom is -0.496 e. The number of rotatable bonds is 5. The SMILES string of the molecule is COc1ccc(Br)cc1COC(=O)c1nc(SC)n2ccccc12. The Morgan fingerprint density at radius 2 is 2.17 bits per heavy atom. The van der Waals surface area contributed by atoms with E-state index < -0.39 is 5.97 Å². The largest absolute Gasteiger partial charge is 0.496 e. The second-order valence-corrected chi connectivity index (χ2v) is 6.62. The van der Waals surface area contributed by atoms with Crippen LogP contribution in [-0.4, -0.2) is 28.7 Å². The number of hydrogen-bond acceptors (Lipinski definition) is 5. The van der Waals surface area contributed by atoms with Gasteiger partial charge in [0.05, 0.1) is 12.6 Å². The molecule has 0 spiro atoms. The number of aromatic nitrogens is 2. The lowest BCUT2D eigenvalue weighted by atomic mass is 10.2. The van der Waals surface area contributed by atoms with Gasteiger partial charge in [-0.15, -0.1) is 0 Å². The van der Waals surface area contributed by atoms with Gasteiger partial charge in [0, 0.05) is 16.2 Å². The fourth-order valence-electron chi connectivity index (χ4n) is 2.38. The summed E-state index contributed by atoms with van der Waals surface area (Å²) in [5, 5.41) is 0.748. The first-order chi connectivity index (χ1) is 11.6. The average Bonchev–Trinajstić information content (AvgIpc) is 2.99. The third-order valence-electron chi connectivity index (χ3n) is 3.49. The maximum atomic E-state index is 12.5. The molecular weight excluding hydrogens is 392 g/mol. The summed E-state index contributed by atoms with van der Waals surface area (Å²) < 4.78 is 13.5. The van der Waals surface area contributed by atoms with Crippen LogP contribution in [0.3, 0.4) is 0 Å². The molecule has 3 rings (SSSR count). The number of benzene rings is 1. The van der Waals surface area contributed by atoms with Crippen LogP contribution in [0.1, 0.15) is 16.1 Å². The normalized spacial score (nSPS) is 10.8. The predicted molar refractivity (Wildman–Crippen MR) is 96.8 cm³/mol. The first kappa shape index (κ1) is 16.9. The molecule has 0 amide bonds. The molecule has 124 valence electrons. The Kier molecular flexibility index (Phi) is 5.11. The highest BCUT2D eigenvalue weighted by atomic mass is 79.9. The van der Waals surface area contributed by atoms with E-state index >= 15 is 0 Å². The maximum Gasteiger partial charge on any atom is 0.359 e. The van der Waals surface area contributed by atoms with E-state index in [1.54, 1.807) is 7.11 Å². The second kappa shape index (κ2) is 7.27. The van der Waals surface area contributed by atoms with Crippen LogP contribution in [0.2, 0.25) is 0 Å². The van der Waals surface area contributed by atoms with Gasteiger partial charge in [-0.1, -0.05) is 33.8 Å². The number of fused-ring (bicyclic) bond motifs is 1. The molecule has 0 saturated carbocycles. The predicted octanol–water partition coefficient (Wildman–Crippen LogP) is 4.18. The van der Waals surface area contributed by atoms with E-state index in [2.05, 4.69) is 20.9 Å². The van der Waals surface area contributed by atoms with Crippen LogP contribution in [0.25, 0.3) is 5.52 Å². The van der Waals surface area contributed by atoms with E-state index in [9.17, 15) is 4.79 Å². The molecule has 2 heterocycles. The van der Waals surface area contributed by atoms with Crippen LogP contribution in [0.4, 0.5) is 0 Å². The zero-order chi connectivity index (χ0) is 17.1. The molecule has 2 aromatic heterocycles. The van der Waals surface area contributed by atoms with Crippen molar-refractivity contribution in [3.63, 3.8) is 0 Å². The number of ether oxygens (including phenoxy) is 2. The smallest absolute Gasteiger partial charge is 0.359 e. The number of nitrogens with zero attached hydrogens (tertiary/aromatic N) is 2. The van der Waals surface area contributed by atoms with Crippen LogP contribution >= 0.6 is 27.7 Å². The molecule has 0 fully saturated rings. The second-order valence-electron chi connectivity index (χ2n) is 4.94. The van der Waals surface area contributed by atoms with Crippen LogP contribution in [-0.2, 0) is 11.3 Å². The van der Waals surface area contributed by atoms with Crippen molar-refractivity contribution in [1.29, 1.82) is 0 Å². The monoisotopic (exact) mass is 406 g/mol. The number of carbonyl (C=O) groups excluding carboxylic acids is 1. The average molecular weight is 407 g/mol. The summed E-state index contributed by atoms with van der Waals surface area (Å²) in [5.41, 5.74) is 1.83. The van der Waals surface area contributed by atoms with Gasteiger partial charge in [-0.2, -0.15) is 0 Å². The van der Waals surface area contributed by atoms with Gasteiger partial charge in [-0.05, 0) is 36.6 Å². The molecule has 0 aliphatic heterocycles. The summed E-state index contributed by atoms with van der Waals surface area (Å²) in [6.07, 6.45) is 3.80. The molecule has 3 aromatic rings. The Morgan fingerprint density at radius 1 is 1.33 bits per heavy atom. The van der Waals surface area contributed by atoms with Gasteiger partial charge in [0.1, 0.15) is 12.4 Å². The van der Waals surface area contributed by atoms with Gasteiger partial charge in [0.15, 0.2) is 10.9 Å². The number of thioether (sulfide) groups is 1. The summed E-state index contributed by atoms with van der Waals surface area (Å²) in [7, 11) is 1.59. The lowest BCUT2D eigenvalue weighted by molar-refractivity contribution is 0.0465. The van der Waals surface area contributed by atoms with Gasteiger partial charge < -0.3 is 9.47 Å². The highest BCUT2D eigenvalue weighted by molar-refractivity contribution is 9.10. The summed E-state index contributed by atoms with van der Waals surface area (Å²) in [4.78, 5) is 16.9. The molecule has 0 bridgehead atoms. The Labute approximate surface area is 152 Å². The van der Waals surface area contributed by atoms with Crippen LogP contribution in [0, 0.1) is 0 Å². The van der Waals surface area contributed by atoms with E-state index in [4.69, 9.17) is 9.47 Å². The molecule has 0 aliphatic rings. The van der Waals surface area contributed by atoms with Gasteiger partial charge >= 0.3 is 5.97 Å². The Balaban J connectivity index is 1.85. The Bertz CT molecular complexity index is 895. The molecule has 7 heteroatoms. The lowest BCUT2D eigenvalue weighted by Gasteiger charge is -2.09. The van der Waals surface area contributed by atoms with E-state index in [1.807, 2.05) is 53.3 Å². The van der Waals surface area contributed by atoms with E-state index in [0.717, 1.165) is 20.7 Å². The zero-order valence-electron chi connectivity index (χ0n) is 13.2. The van der Waals surface area contributed by atoms with E-state index in [1.165, 1.54) is 11.8 Å². The van der Waals surface area contributed by atoms with Crippen molar-refractivity contribution in [3.05, 3.63) is 58.3 Å². The zero-order valence-corrected chi connectivity index (χ0v) is 15.6. The number of halogens is 1. The molecule has 0 N–H and O–H groups in total. The molecule has 24 heavy (non-hydrogen) atoms. The van der Waals surface area contributed by atoms with Gasteiger partial charge in [0.25, 0.3) is 0 Å². The van der Waals surface area contributed by atoms with Crippen molar-refractivity contribution >= 4 is 39.2 Å². The Morgan fingerprint density at radius 3 is 2.92 bits per heavy atom. The Hall–Kier alpha value is -1.99. The number of esters is 1. The van der Waals surface area contributed by atoms with Crippen molar-refractivity contribution in [2.45, 2.75) is 11.8 Å².